The molecule has 0 aromatic carbocycles. The van der Waals surface area contributed by atoms with Crippen molar-refractivity contribution < 1.29 is 24.2 Å². The third kappa shape index (κ3) is 4.75. The number of urea groups is 1. The van der Waals surface area contributed by atoms with Gasteiger partial charge in [0.25, 0.3) is 0 Å². The third-order valence-electron chi connectivity index (χ3n) is 2.75. The molecule has 1 rings (SSSR count). The van der Waals surface area contributed by atoms with Gasteiger partial charge in [-0.05, 0) is 25.3 Å². The molecule has 1 atom stereocenters. The van der Waals surface area contributed by atoms with E-state index in [0.717, 1.165) is 0 Å². The average Bonchev–Trinajstić information content (AvgIpc) is 2.94. The van der Waals surface area contributed by atoms with Gasteiger partial charge in [0, 0.05) is 10.9 Å². The summed E-state index contributed by atoms with van der Waals surface area (Å²) >= 11 is 1.23. The fourth-order valence-electron chi connectivity index (χ4n) is 1.61. The number of amides is 2. The second-order valence-electron chi connectivity index (χ2n) is 4.53. The van der Waals surface area contributed by atoms with Crippen molar-refractivity contribution >= 4 is 29.3 Å². The molecule has 0 aliphatic carbocycles. The minimum Gasteiger partial charge on any atom is -0.479 e. The molecule has 0 aliphatic rings. The highest BCUT2D eigenvalue weighted by atomic mass is 32.1. The summed E-state index contributed by atoms with van der Waals surface area (Å²) in [5.41, 5.74) is 0. The first-order valence-electron chi connectivity index (χ1n) is 6.27. The van der Waals surface area contributed by atoms with Crippen LogP contribution in [-0.2, 0) is 14.3 Å². The molecular weight excluding hydrogens is 296 g/mol. The SMILES string of the molecule is COC(=O)CN(C(=O)NC(C(=O)O)c1cccs1)C(C)C. The van der Waals surface area contributed by atoms with E-state index in [2.05, 4.69) is 10.1 Å². The van der Waals surface area contributed by atoms with Gasteiger partial charge in [-0.2, -0.15) is 0 Å². The van der Waals surface area contributed by atoms with Gasteiger partial charge in [-0.15, -0.1) is 11.3 Å². The van der Waals surface area contributed by atoms with E-state index in [9.17, 15) is 19.5 Å². The number of thiophene rings is 1. The molecule has 0 spiro atoms. The first-order valence-corrected chi connectivity index (χ1v) is 7.15. The van der Waals surface area contributed by atoms with Crippen LogP contribution < -0.4 is 5.32 Å². The molecule has 0 radical (unpaired) electrons. The first kappa shape index (κ1) is 17.0. The zero-order valence-electron chi connectivity index (χ0n) is 12.0. The van der Waals surface area contributed by atoms with Crippen molar-refractivity contribution in [2.45, 2.75) is 25.9 Å². The van der Waals surface area contributed by atoms with Gasteiger partial charge < -0.3 is 20.1 Å². The van der Waals surface area contributed by atoms with Gasteiger partial charge in [-0.3, -0.25) is 4.79 Å². The van der Waals surface area contributed by atoms with E-state index in [1.165, 1.54) is 23.3 Å². The number of nitrogens with zero attached hydrogens (tertiary/aromatic N) is 1. The first-order chi connectivity index (χ1) is 9.86. The van der Waals surface area contributed by atoms with Crippen LogP contribution in [0.25, 0.3) is 0 Å². The molecule has 0 saturated carbocycles. The standard InChI is InChI=1S/C13H18N2O5S/c1-8(2)15(7-10(16)20-3)13(19)14-11(12(17)18)9-5-4-6-21-9/h4-6,8,11H,7H2,1-3H3,(H,14,19)(H,17,18). The third-order valence-corrected chi connectivity index (χ3v) is 3.69. The van der Waals surface area contributed by atoms with Gasteiger partial charge >= 0.3 is 18.0 Å². The molecule has 1 unspecified atom stereocenters. The van der Waals surface area contributed by atoms with Crippen LogP contribution in [0, 0.1) is 0 Å². The molecule has 8 heteroatoms. The Kier molecular flexibility index (Phi) is 6.16. The Balaban J connectivity index is 2.83. The number of nitrogens with one attached hydrogen (secondary N) is 1. The number of ether oxygens (including phenoxy) is 1. The summed E-state index contributed by atoms with van der Waals surface area (Å²) in [5, 5.41) is 13.4. The number of hydrogen-bond donors (Lipinski definition) is 2. The summed E-state index contributed by atoms with van der Waals surface area (Å²) in [7, 11) is 1.23. The van der Waals surface area contributed by atoms with Crippen LogP contribution in [0.15, 0.2) is 17.5 Å². The highest BCUT2D eigenvalue weighted by molar-refractivity contribution is 7.10. The van der Waals surface area contributed by atoms with Crippen molar-refractivity contribution in [3.05, 3.63) is 22.4 Å². The molecule has 0 fully saturated rings. The monoisotopic (exact) mass is 314 g/mol. The molecule has 7 nitrogen and oxygen atoms in total. The maximum Gasteiger partial charge on any atom is 0.331 e. The van der Waals surface area contributed by atoms with Crippen molar-refractivity contribution in [1.29, 1.82) is 0 Å². The molecule has 2 amide bonds. The Morgan fingerprint density at radius 3 is 2.52 bits per heavy atom. The molecule has 2 N–H and O–H groups in total. The minimum absolute atomic E-state index is 0.239. The number of carbonyl (C=O) groups excluding carboxylic acids is 2. The molecular formula is C13H18N2O5S. The number of carboxylic acids is 1. The topological polar surface area (TPSA) is 95.9 Å². The number of carboxylic acid groups (broad SMARTS) is 1. The molecule has 116 valence electrons. The van der Waals surface area contributed by atoms with E-state index < -0.39 is 24.0 Å². The van der Waals surface area contributed by atoms with E-state index >= 15 is 0 Å². The maximum atomic E-state index is 12.2. The van der Waals surface area contributed by atoms with E-state index in [0.29, 0.717) is 4.88 Å². The van der Waals surface area contributed by atoms with Crippen LogP contribution in [-0.4, -0.2) is 47.7 Å². The summed E-state index contributed by atoms with van der Waals surface area (Å²) in [5.74, 6) is -1.73. The van der Waals surface area contributed by atoms with Crippen LogP contribution in [0.2, 0.25) is 0 Å². The molecule has 0 aliphatic heterocycles. The number of rotatable bonds is 6. The van der Waals surface area contributed by atoms with Gasteiger partial charge in [0.1, 0.15) is 6.54 Å². The number of esters is 1. The Hall–Kier alpha value is -2.09. The summed E-state index contributed by atoms with van der Waals surface area (Å²) in [6.45, 7) is 3.21. The van der Waals surface area contributed by atoms with Gasteiger partial charge in [-0.1, -0.05) is 6.07 Å². The van der Waals surface area contributed by atoms with Crippen molar-refractivity contribution in [1.82, 2.24) is 10.2 Å². The van der Waals surface area contributed by atoms with E-state index in [4.69, 9.17) is 0 Å². The highest BCUT2D eigenvalue weighted by Gasteiger charge is 2.27. The largest absolute Gasteiger partial charge is 0.479 e. The summed E-state index contributed by atoms with van der Waals surface area (Å²) in [6.07, 6.45) is 0. The number of carbonyl (C=O) groups is 3. The lowest BCUT2D eigenvalue weighted by atomic mass is 10.2. The van der Waals surface area contributed by atoms with Crippen LogP contribution in [0.4, 0.5) is 4.79 Å². The van der Waals surface area contributed by atoms with Crippen molar-refractivity contribution in [2.75, 3.05) is 13.7 Å². The maximum absolute atomic E-state index is 12.2. The predicted molar refractivity (Wildman–Crippen MR) is 77.1 cm³/mol. The summed E-state index contributed by atoms with van der Waals surface area (Å²) in [6, 6.07) is 1.29. The van der Waals surface area contributed by atoms with Crippen molar-refractivity contribution in [3.63, 3.8) is 0 Å². The van der Waals surface area contributed by atoms with E-state index in [1.807, 2.05) is 0 Å². The Morgan fingerprint density at radius 1 is 1.43 bits per heavy atom. The lowest BCUT2D eigenvalue weighted by Crippen LogP contribution is -2.48. The second kappa shape index (κ2) is 7.63. The molecule has 0 bridgehead atoms. The molecule has 0 saturated heterocycles. The molecule has 1 heterocycles. The molecule has 1 aromatic heterocycles. The summed E-state index contributed by atoms with van der Waals surface area (Å²) in [4.78, 5) is 36.5. The fraction of sp³-hybridized carbons (Fsp3) is 0.462. The number of methoxy groups -OCH3 is 1. The minimum atomic E-state index is -1.16. The quantitative estimate of drug-likeness (QED) is 0.775. The van der Waals surface area contributed by atoms with Crippen molar-refractivity contribution in [2.24, 2.45) is 0 Å². The lowest BCUT2D eigenvalue weighted by molar-refractivity contribution is -0.141. The normalized spacial score (nSPS) is 11.8. The fourth-order valence-corrected chi connectivity index (χ4v) is 2.38. The van der Waals surface area contributed by atoms with Gasteiger partial charge in [-0.25, -0.2) is 9.59 Å². The Bertz CT molecular complexity index is 501. The van der Waals surface area contributed by atoms with Gasteiger partial charge in [0.15, 0.2) is 6.04 Å². The number of hydrogen-bond acceptors (Lipinski definition) is 5. The van der Waals surface area contributed by atoms with Crippen molar-refractivity contribution in [3.8, 4) is 0 Å². The van der Waals surface area contributed by atoms with Crippen LogP contribution >= 0.6 is 11.3 Å². The average molecular weight is 314 g/mol. The highest BCUT2D eigenvalue weighted by Crippen LogP contribution is 2.19. The van der Waals surface area contributed by atoms with Crippen LogP contribution in [0.1, 0.15) is 24.8 Å². The predicted octanol–water partition coefficient (Wildman–Crippen LogP) is 1.47. The Morgan fingerprint density at radius 2 is 2.10 bits per heavy atom. The van der Waals surface area contributed by atoms with E-state index in [1.54, 1.807) is 31.4 Å². The van der Waals surface area contributed by atoms with Crippen LogP contribution in [0.5, 0.6) is 0 Å². The Labute approximate surface area is 126 Å². The lowest BCUT2D eigenvalue weighted by Gasteiger charge is -2.27. The molecule has 21 heavy (non-hydrogen) atoms. The van der Waals surface area contributed by atoms with Crippen LogP contribution in [0.3, 0.4) is 0 Å². The zero-order valence-corrected chi connectivity index (χ0v) is 12.8. The smallest absolute Gasteiger partial charge is 0.331 e. The van der Waals surface area contributed by atoms with Gasteiger partial charge in [0.05, 0.1) is 7.11 Å². The summed E-state index contributed by atoms with van der Waals surface area (Å²) < 4.78 is 4.53. The molecule has 1 aromatic rings. The zero-order chi connectivity index (χ0) is 16.0. The van der Waals surface area contributed by atoms with E-state index in [-0.39, 0.29) is 12.6 Å². The number of aliphatic carboxylic acids is 1. The second-order valence-corrected chi connectivity index (χ2v) is 5.51. The van der Waals surface area contributed by atoms with Gasteiger partial charge in [0.2, 0.25) is 0 Å².